The predicted molar refractivity (Wildman–Crippen MR) is 112 cm³/mol. The van der Waals surface area contributed by atoms with Crippen LogP contribution in [0.5, 0.6) is 0 Å². The monoisotopic (exact) mass is 387 g/mol. The number of aliphatic imine (C=N–C) groups is 1. The number of rotatable bonds is 3. The molecule has 4 heterocycles. The Hall–Kier alpha value is -3.68. The van der Waals surface area contributed by atoms with Gasteiger partial charge in [0.05, 0.1) is 11.2 Å². The van der Waals surface area contributed by atoms with E-state index < -0.39 is 0 Å². The molecule has 146 valence electrons. The van der Waals surface area contributed by atoms with E-state index in [0.29, 0.717) is 11.4 Å². The number of hydrogen-bond acceptors (Lipinski definition) is 6. The third kappa shape index (κ3) is 3.33. The summed E-state index contributed by atoms with van der Waals surface area (Å²) >= 11 is 0. The lowest BCUT2D eigenvalue weighted by molar-refractivity contribution is 0.0961. The van der Waals surface area contributed by atoms with E-state index in [9.17, 15) is 4.79 Å². The van der Waals surface area contributed by atoms with Gasteiger partial charge < -0.3 is 16.0 Å². The first kappa shape index (κ1) is 17.4. The van der Waals surface area contributed by atoms with Gasteiger partial charge in [0.2, 0.25) is 0 Å². The van der Waals surface area contributed by atoms with E-state index in [4.69, 9.17) is 5.73 Å². The van der Waals surface area contributed by atoms with E-state index >= 15 is 0 Å². The fraction of sp³-hybridized carbons (Fsp3) is 0.238. The summed E-state index contributed by atoms with van der Waals surface area (Å²) in [5.74, 6) is 0.868. The smallest absolute Gasteiger partial charge is 0.276 e. The predicted octanol–water partition coefficient (Wildman–Crippen LogP) is 2.68. The van der Waals surface area contributed by atoms with Crippen molar-refractivity contribution >= 4 is 28.3 Å². The molecule has 0 unspecified atom stereocenters. The summed E-state index contributed by atoms with van der Waals surface area (Å²) < 4.78 is 0. The van der Waals surface area contributed by atoms with Gasteiger partial charge in [-0.15, -0.1) is 0 Å². The van der Waals surface area contributed by atoms with Crippen LogP contribution in [0.25, 0.3) is 22.0 Å². The Labute approximate surface area is 167 Å². The van der Waals surface area contributed by atoms with E-state index in [1.807, 2.05) is 24.3 Å². The number of anilines is 1. The molecule has 1 fully saturated rings. The molecule has 1 aromatic carbocycles. The zero-order chi connectivity index (χ0) is 19.8. The average Bonchev–Trinajstić information content (AvgIpc) is 3.11. The van der Waals surface area contributed by atoms with Crippen molar-refractivity contribution < 1.29 is 4.79 Å². The van der Waals surface area contributed by atoms with Crippen molar-refractivity contribution in [2.45, 2.75) is 19.3 Å². The number of carbonyl (C=O) groups is 1. The maximum atomic E-state index is 12.8. The quantitative estimate of drug-likeness (QED) is 0.640. The van der Waals surface area contributed by atoms with Gasteiger partial charge in [-0.2, -0.15) is 5.10 Å². The number of fused-ring (bicyclic) bond motifs is 1. The first-order valence-electron chi connectivity index (χ1n) is 9.68. The van der Waals surface area contributed by atoms with Crippen LogP contribution in [0.15, 0.2) is 53.5 Å². The number of likely N-dealkylation sites (tertiary alicyclic amines) is 1. The number of carbonyl (C=O) groups excluding carboxylic acids is 1. The molecule has 1 saturated heterocycles. The molecule has 8 nitrogen and oxygen atoms in total. The SMILES string of the molecule is Nc1cncc(-c2ccc3[nH]nc(C(=O)NC4=CN=C(N5CCC5)CC4)c3c2)c1. The number of amides is 1. The van der Waals surface area contributed by atoms with Crippen LogP contribution in [-0.2, 0) is 0 Å². The molecule has 5 rings (SSSR count). The molecule has 0 radical (unpaired) electrons. The van der Waals surface area contributed by atoms with Crippen LogP contribution in [0.2, 0.25) is 0 Å². The van der Waals surface area contributed by atoms with E-state index in [1.54, 1.807) is 18.6 Å². The molecule has 8 heteroatoms. The fourth-order valence-electron chi connectivity index (χ4n) is 3.62. The first-order valence-corrected chi connectivity index (χ1v) is 9.68. The minimum Gasteiger partial charge on any atom is -0.397 e. The Balaban J connectivity index is 1.40. The molecule has 1 amide bonds. The maximum absolute atomic E-state index is 12.8. The number of aromatic amines is 1. The fourth-order valence-corrected chi connectivity index (χ4v) is 3.62. The summed E-state index contributed by atoms with van der Waals surface area (Å²) in [5, 5.41) is 10.9. The highest BCUT2D eigenvalue weighted by molar-refractivity contribution is 6.06. The van der Waals surface area contributed by atoms with Crippen molar-refractivity contribution in [3.05, 3.63) is 54.3 Å². The highest BCUT2D eigenvalue weighted by Gasteiger charge is 2.22. The number of hydrogen-bond donors (Lipinski definition) is 3. The van der Waals surface area contributed by atoms with Crippen LogP contribution < -0.4 is 11.1 Å². The number of benzene rings is 1. The van der Waals surface area contributed by atoms with Gasteiger partial charge >= 0.3 is 0 Å². The standard InChI is InChI=1S/C21H21N7O/c22-15-8-14(10-23-11-15)13-2-4-18-17(9-13)20(27-26-18)21(29)25-16-3-5-19(24-12-16)28-6-1-7-28/h2,4,8-12H,1,3,5-7,22H2,(H,25,29)(H,26,27). The Morgan fingerprint density at radius 2 is 2.03 bits per heavy atom. The summed E-state index contributed by atoms with van der Waals surface area (Å²) in [6.07, 6.45) is 7.95. The highest BCUT2D eigenvalue weighted by atomic mass is 16.2. The van der Waals surface area contributed by atoms with Crippen molar-refractivity contribution in [1.82, 2.24) is 25.4 Å². The zero-order valence-corrected chi connectivity index (χ0v) is 15.9. The van der Waals surface area contributed by atoms with Crippen molar-refractivity contribution in [3.63, 3.8) is 0 Å². The molecular weight excluding hydrogens is 366 g/mol. The molecule has 29 heavy (non-hydrogen) atoms. The van der Waals surface area contributed by atoms with Gasteiger partial charge in [-0.1, -0.05) is 6.07 Å². The molecule has 0 atom stereocenters. The number of pyridine rings is 1. The molecule has 2 aliphatic rings. The van der Waals surface area contributed by atoms with E-state index in [1.165, 1.54) is 6.42 Å². The summed E-state index contributed by atoms with van der Waals surface area (Å²) in [6.45, 7) is 2.16. The van der Waals surface area contributed by atoms with Crippen molar-refractivity contribution in [2.24, 2.45) is 4.99 Å². The zero-order valence-electron chi connectivity index (χ0n) is 15.9. The summed E-state index contributed by atoms with van der Waals surface area (Å²) in [5.41, 5.74) is 10.2. The van der Waals surface area contributed by atoms with Gasteiger partial charge in [0, 0.05) is 54.8 Å². The summed E-state index contributed by atoms with van der Waals surface area (Å²) in [4.78, 5) is 23.8. The normalized spacial score (nSPS) is 16.2. The average molecular weight is 387 g/mol. The van der Waals surface area contributed by atoms with Crippen LogP contribution in [0, 0.1) is 0 Å². The Kier molecular flexibility index (Phi) is 4.23. The minimum absolute atomic E-state index is 0.243. The molecule has 0 aliphatic carbocycles. The topological polar surface area (TPSA) is 112 Å². The highest BCUT2D eigenvalue weighted by Crippen LogP contribution is 2.26. The van der Waals surface area contributed by atoms with Crippen LogP contribution >= 0.6 is 0 Å². The number of nitrogens with two attached hydrogens (primary N) is 1. The Morgan fingerprint density at radius 3 is 2.76 bits per heavy atom. The minimum atomic E-state index is -0.243. The van der Waals surface area contributed by atoms with Crippen LogP contribution in [0.3, 0.4) is 0 Å². The van der Waals surface area contributed by atoms with Crippen LogP contribution in [0.1, 0.15) is 29.8 Å². The van der Waals surface area contributed by atoms with E-state index in [2.05, 4.69) is 30.4 Å². The van der Waals surface area contributed by atoms with Gasteiger partial charge in [-0.25, -0.2) is 4.99 Å². The number of nitrogen functional groups attached to an aromatic ring is 1. The van der Waals surface area contributed by atoms with E-state index in [0.717, 1.165) is 59.5 Å². The maximum Gasteiger partial charge on any atom is 0.276 e. The lowest BCUT2D eigenvalue weighted by Crippen LogP contribution is -2.42. The second kappa shape index (κ2) is 7.05. The Bertz CT molecular complexity index is 1160. The lowest BCUT2D eigenvalue weighted by Gasteiger charge is -2.35. The largest absolute Gasteiger partial charge is 0.397 e. The van der Waals surface area contributed by atoms with Crippen molar-refractivity contribution in [2.75, 3.05) is 18.8 Å². The third-order valence-corrected chi connectivity index (χ3v) is 5.35. The van der Waals surface area contributed by atoms with Gasteiger partial charge in [-0.3, -0.25) is 14.9 Å². The Morgan fingerprint density at radius 1 is 1.14 bits per heavy atom. The second-order valence-electron chi connectivity index (χ2n) is 7.33. The molecule has 2 aromatic heterocycles. The number of H-pyrrole nitrogens is 1. The van der Waals surface area contributed by atoms with Crippen LogP contribution in [-0.4, -0.2) is 44.9 Å². The van der Waals surface area contributed by atoms with Gasteiger partial charge in [-0.05, 0) is 36.6 Å². The van der Waals surface area contributed by atoms with Crippen molar-refractivity contribution in [3.8, 4) is 11.1 Å². The molecule has 0 spiro atoms. The van der Waals surface area contributed by atoms with Crippen LogP contribution in [0.4, 0.5) is 5.69 Å². The molecule has 4 N–H and O–H groups in total. The lowest BCUT2D eigenvalue weighted by atomic mass is 10.0. The molecule has 0 saturated carbocycles. The van der Waals surface area contributed by atoms with Crippen molar-refractivity contribution in [1.29, 1.82) is 0 Å². The third-order valence-electron chi connectivity index (χ3n) is 5.35. The number of allylic oxidation sites excluding steroid dienone is 1. The number of nitrogens with one attached hydrogen (secondary N) is 2. The second-order valence-corrected chi connectivity index (χ2v) is 7.33. The van der Waals surface area contributed by atoms with Gasteiger partial charge in [0.15, 0.2) is 5.69 Å². The number of nitrogens with zero attached hydrogens (tertiary/aromatic N) is 4. The summed E-state index contributed by atoms with van der Waals surface area (Å²) in [6, 6.07) is 7.64. The molecular formula is C21H21N7O. The first-order chi connectivity index (χ1) is 14.2. The van der Waals surface area contributed by atoms with Gasteiger partial charge in [0.25, 0.3) is 5.91 Å². The number of amidine groups is 1. The number of aromatic nitrogens is 3. The molecule has 2 aliphatic heterocycles. The van der Waals surface area contributed by atoms with E-state index in [-0.39, 0.29) is 5.91 Å². The van der Waals surface area contributed by atoms with Gasteiger partial charge in [0.1, 0.15) is 5.84 Å². The summed E-state index contributed by atoms with van der Waals surface area (Å²) in [7, 11) is 0. The molecule has 0 bridgehead atoms. The molecule has 3 aromatic rings.